The lowest BCUT2D eigenvalue weighted by Gasteiger charge is -2.31. The largest absolute Gasteiger partial charge is 0.382 e. The molecule has 1 rings (SSSR count). The molecule has 1 unspecified atom stereocenters. The average Bonchev–Trinajstić information content (AvgIpc) is 2.51. The van der Waals surface area contributed by atoms with Gasteiger partial charge in [0.05, 0.1) is 0 Å². The van der Waals surface area contributed by atoms with Gasteiger partial charge in [0.15, 0.2) is 0 Å². The lowest BCUT2D eigenvalue weighted by atomic mass is 9.83. The number of hydrogen-bond acceptors (Lipinski definition) is 3. The van der Waals surface area contributed by atoms with E-state index in [0.717, 1.165) is 44.5 Å². The molecule has 1 atom stereocenters. The van der Waals surface area contributed by atoms with Crippen molar-refractivity contribution >= 4 is 5.96 Å². The number of hydrazine groups is 1. The van der Waals surface area contributed by atoms with Crippen molar-refractivity contribution in [2.75, 3.05) is 19.8 Å². The zero-order valence-electron chi connectivity index (χ0n) is 13.2. The molecular weight excluding hydrogens is 252 g/mol. The number of nitrogens with zero attached hydrogens (tertiary/aromatic N) is 1. The van der Waals surface area contributed by atoms with Crippen molar-refractivity contribution in [3.8, 4) is 0 Å². The number of nitrogens with two attached hydrogens (primary N) is 1. The number of hydrogen-bond donors (Lipinski definition) is 3. The molecule has 0 heterocycles. The summed E-state index contributed by atoms with van der Waals surface area (Å²) < 4.78 is 5.31. The van der Waals surface area contributed by atoms with E-state index in [1.54, 1.807) is 0 Å². The second-order valence-electron chi connectivity index (χ2n) is 5.48. The Balaban J connectivity index is 2.36. The van der Waals surface area contributed by atoms with Crippen molar-refractivity contribution in [2.45, 2.75) is 64.8 Å². The van der Waals surface area contributed by atoms with Crippen LogP contribution in [0.2, 0.25) is 0 Å². The fourth-order valence-corrected chi connectivity index (χ4v) is 2.90. The van der Waals surface area contributed by atoms with Gasteiger partial charge in [-0.25, -0.2) is 5.84 Å². The molecule has 5 heteroatoms. The van der Waals surface area contributed by atoms with Crippen LogP contribution in [-0.4, -0.2) is 31.8 Å². The molecule has 118 valence electrons. The smallest absolute Gasteiger partial charge is 0.205 e. The van der Waals surface area contributed by atoms with E-state index in [2.05, 4.69) is 22.7 Å². The highest BCUT2D eigenvalue weighted by Crippen LogP contribution is 2.27. The van der Waals surface area contributed by atoms with Crippen LogP contribution in [0.25, 0.3) is 0 Å². The van der Waals surface area contributed by atoms with E-state index in [4.69, 9.17) is 10.6 Å². The van der Waals surface area contributed by atoms with Crippen molar-refractivity contribution in [2.24, 2.45) is 16.8 Å². The zero-order chi connectivity index (χ0) is 14.6. The van der Waals surface area contributed by atoms with Crippen LogP contribution in [0, 0.1) is 5.92 Å². The Morgan fingerprint density at radius 3 is 2.65 bits per heavy atom. The highest BCUT2D eigenvalue weighted by molar-refractivity contribution is 5.79. The molecule has 1 aliphatic carbocycles. The predicted octanol–water partition coefficient (Wildman–Crippen LogP) is 2.18. The van der Waals surface area contributed by atoms with Gasteiger partial charge >= 0.3 is 0 Å². The molecule has 0 aliphatic heterocycles. The molecule has 0 radical (unpaired) electrons. The van der Waals surface area contributed by atoms with E-state index in [1.165, 1.54) is 32.1 Å². The van der Waals surface area contributed by atoms with E-state index in [1.807, 2.05) is 6.92 Å². The highest BCUT2D eigenvalue weighted by atomic mass is 16.5. The van der Waals surface area contributed by atoms with Crippen LogP contribution in [0.15, 0.2) is 4.99 Å². The van der Waals surface area contributed by atoms with Gasteiger partial charge in [0.1, 0.15) is 0 Å². The number of ether oxygens (including phenoxy) is 1. The third kappa shape index (κ3) is 6.57. The third-order valence-corrected chi connectivity index (χ3v) is 4.04. The fourth-order valence-electron chi connectivity index (χ4n) is 2.90. The van der Waals surface area contributed by atoms with E-state index in [0.29, 0.717) is 6.04 Å². The molecule has 1 fully saturated rings. The minimum absolute atomic E-state index is 0.483. The first-order valence-electron chi connectivity index (χ1n) is 8.17. The minimum Gasteiger partial charge on any atom is -0.382 e. The Kier molecular flexibility index (Phi) is 9.41. The van der Waals surface area contributed by atoms with Gasteiger partial charge in [-0.05, 0) is 38.5 Å². The first-order chi connectivity index (χ1) is 9.81. The maximum atomic E-state index is 5.57. The Hall–Kier alpha value is -0.810. The summed E-state index contributed by atoms with van der Waals surface area (Å²) in [7, 11) is 0. The van der Waals surface area contributed by atoms with E-state index >= 15 is 0 Å². The number of nitrogens with one attached hydrogen (secondary N) is 2. The topological polar surface area (TPSA) is 71.7 Å². The Morgan fingerprint density at radius 1 is 1.30 bits per heavy atom. The molecule has 0 aromatic rings. The molecular formula is C15H32N4O. The molecule has 1 aliphatic rings. The normalized spacial score (nSPS) is 18.9. The van der Waals surface area contributed by atoms with Crippen molar-refractivity contribution in [1.29, 1.82) is 0 Å². The molecule has 0 aromatic heterocycles. The quantitative estimate of drug-likeness (QED) is 0.210. The summed E-state index contributed by atoms with van der Waals surface area (Å²) >= 11 is 0. The van der Waals surface area contributed by atoms with Crippen LogP contribution in [0.4, 0.5) is 0 Å². The highest BCUT2D eigenvalue weighted by Gasteiger charge is 2.22. The van der Waals surface area contributed by atoms with Crippen LogP contribution in [0.1, 0.15) is 58.8 Å². The maximum absolute atomic E-state index is 5.57. The van der Waals surface area contributed by atoms with Crippen molar-refractivity contribution in [1.82, 2.24) is 10.7 Å². The van der Waals surface area contributed by atoms with Gasteiger partial charge in [-0.15, -0.1) is 0 Å². The Bertz CT molecular complexity index is 265. The van der Waals surface area contributed by atoms with Gasteiger partial charge in [-0.3, -0.25) is 10.4 Å². The summed E-state index contributed by atoms with van der Waals surface area (Å²) in [5.74, 6) is 7.05. The van der Waals surface area contributed by atoms with Gasteiger partial charge < -0.3 is 10.1 Å². The minimum atomic E-state index is 0.483. The summed E-state index contributed by atoms with van der Waals surface area (Å²) in [6.45, 7) is 6.51. The van der Waals surface area contributed by atoms with Crippen LogP contribution >= 0.6 is 0 Å². The molecule has 0 saturated heterocycles. The molecule has 5 nitrogen and oxygen atoms in total. The zero-order valence-corrected chi connectivity index (χ0v) is 13.2. The van der Waals surface area contributed by atoms with Gasteiger partial charge in [-0.2, -0.15) is 0 Å². The third-order valence-electron chi connectivity index (χ3n) is 4.04. The summed E-state index contributed by atoms with van der Waals surface area (Å²) in [4.78, 5) is 4.49. The number of rotatable bonds is 8. The first-order valence-corrected chi connectivity index (χ1v) is 8.17. The molecule has 0 spiro atoms. The van der Waals surface area contributed by atoms with Crippen LogP contribution in [-0.2, 0) is 4.74 Å². The van der Waals surface area contributed by atoms with Crippen molar-refractivity contribution < 1.29 is 4.74 Å². The molecule has 1 saturated carbocycles. The van der Waals surface area contributed by atoms with Gasteiger partial charge in [-0.1, -0.05) is 26.2 Å². The Labute approximate surface area is 123 Å². The predicted molar refractivity (Wildman–Crippen MR) is 84.5 cm³/mol. The molecule has 0 amide bonds. The van der Waals surface area contributed by atoms with Crippen molar-refractivity contribution in [3.63, 3.8) is 0 Å². The number of guanidine groups is 1. The maximum Gasteiger partial charge on any atom is 0.205 e. The van der Waals surface area contributed by atoms with Gasteiger partial charge in [0.25, 0.3) is 0 Å². The summed E-state index contributed by atoms with van der Waals surface area (Å²) in [5, 5.41) is 3.49. The monoisotopic (exact) mass is 284 g/mol. The van der Waals surface area contributed by atoms with E-state index in [-0.39, 0.29) is 0 Å². The second kappa shape index (κ2) is 10.9. The van der Waals surface area contributed by atoms with Crippen LogP contribution < -0.4 is 16.6 Å². The summed E-state index contributed by atoms with van der Waals surface area (Å²) in [6.07, 6.45) is 8.81. The SMILES string of the molecule is CCOCCCN=C(NN)NC(CC)C1CCCCC1. The fraction of sp³-hybridized carbons (Fsp3) is 0.933. The number of aliphatic imine (C=N–C) groups is 1. The van der Waals surface area contributed by atoms with Gasteiger partial charge in [0, 0.05) is 25.8 Å². The molecule has 0 bridgehead atoms. The summed E-state index contributed by atoms with van der Waals surface area (Å²) in [6, 6.07) is 0.483. The first kappa shape index (κ1) is 17.2. The molecule has 20 heavy (non-hydrogen) atoms. The lowest BCUT2D eigenvalue weighted by molar-refractivity contribution is 0.146. The van der Waals surface area contributed by atoms with E-state index in [9.17, 15) is 0 Å². The van der Waals surface area contributed by atoms with Crippen LogP contribution in [0.3, 0.4) is 0 Å². The summed E-state index contributed by atoms with van der Waals surface area (Å²) in [5.41, 5.74) is 2.69. The standard InChI is InChI=1S/C15H32N4O/c1-3-14(13-9-6-5-7-10-13)18-15(19-16)17-11-8-12-20-4-2/h13-14H,3-12,16H2,1-2H3,(H2,17,18,19). The lowest BCUT2D eigenvalue weighted by Crippen LogP contribution is -2.49. The molecule has 4 N–H and O–H groups in total. The molecule has 0 aromatic carbocycles. The van der Waals surface area contributed by atoms with Crippen molar-refractivity contribution in [3.05, 3.63) is 0 Å². The second-order valence-corrected chi connectivity index (χ2v) is 5.48. The average molecular weight is 284 g/mol. The van der Waals surface area contributed by atoms with Gasteiger partial charge in [0.2, 0.25) is 5.96 Å². The van der Waals surface area contributed by atoms with E-state index < -0.39 is 0 Å². The van der Waals surface area contributed by atoms with Crippen LogP contribution in [0.5, 0.6) is 0 Å². The Morgan fingerprint density at radius 2 is 2.05 bits per heavy atom.